The number of hydrogen-bond acceptors (Lipinski definition) is 5. The smallest absolute Gasteiger partial charge is 0.267 e. The number of pyridine rings is 1. The lowest BCUT2D eigenvalue weighted by Gasteiger charge is -2.16. The van der Waals surface area contributed by atoms with Crippen molar-refractivity contribution < 1.29 is 4.79 Å². The third-order valence-corrected chi connectivity index (χ3v) is 4.84. The fourth-order valence-corrected chi connectivity index (χ4v) is 3.41. The minimum Gasteiger partial charge on any atom is -0.267 e. The first-order chi connectivity index (χ1) is 14.5. The first-order valence-electron chi connectivity index (χ1n) is 9.39. The van der Waals surface area contributed by atoms with Gasteiger partial charge in [0.1, 0.15) is 5.82 Å². The van der Waals surface area contributed by atoms with Crippen molar-refractivity contribution in [3.8, 4) is 0 Å². The normalized spacial score (nSPS) is 11.3. The summed E-state index contributed by atoms with van der Waals surface area (Å²) in [6.07, 6.45) is 4.63. The monoisotopic (exact) mass is 400 g/mol. The van der Waals surface area contributed by atoms with Gasteiger partial charge >= 0.3 is 0 Å². The molecule has 0 aliphatic carbocycles. The zero-order chi connectivity index (χ0) is 21.3. The van der Waals surface area contributed by atoms with Gasteiger partial charge in [-0.2, -0.15) is 9.78 Å². The zero-order valence-electron chi connectivity index (χ0n) is 16.8. The summed E-state index contributed by atoms with van der Waals surface area (Å²) >= 11 is 0. The van der Waals surface area contributed by atoms with E-state index in [1.54, 1.807) is 46.9 Å². The predicted molar refractivity (Wildman–Crippen MR) is 115 cm³/mol. The number of amides is 1. The highest BCUT2D eigenvalue weighted by Crippen LogP contribution is 2.15. The van der Waals surface area contributed by atoms with Gasteiger partial charge in [0.15, 0.2) is 0 Å². The van der Waals surface area contributed by atoms with Gasteiger partial charge in [0.05, 0.1) is 22.7 Å². The fraction of sp³-hybridized carbons (Fsp3) is 0.136. The zero-order valence-corrected chi connectivity index (χ0v) is 16.8. The summed E-state index contributed by atoms with van der Waals surface area (Å²) in [7, 11) is 0. The molecule has 3 aromatic heterocycles. The van der Waals surface area contributed by atoms with Crippen molar-refractivity contribution in [2.24, 2.45) is 5.10 Å². The molecule has 3 heterocycles. The highest BCUT2D eigenvalue weighted by Gasteiger charge is 2.15. The van der Waals surface area contributed by atoms with Gasteiger partial charge in [-0.1, -0.05) is 12.1 Å². The number of fused-ring (bicyclic) bond motifs is 1. The molecule has 0 aliphatic rings. The molecule has 0 aliphatic heterocycles. The average Bonchev–Trinajstić information content (AvgIpc) is 3.02. The molecule has 150 valence electrons. The molecule has 1 aromatic carbocycles. The van der Waals surface area contributed by atoms with E-state index >= 15 is 0 Å². The van der Waals surface area contributed by atoms with Gasteiger partial charge in [-0.15, -0.1) is 0 Å². The topological polar surface area (TPSA) is 94.2 Å². The maximum atomic E-state index is 13.1. The van der Waals surface area contributed by atoms with Gasteiger partial charge in [-0.25, -0.2) is 10.4 Å². The highest BCUT2D eigenvalue weighted by atomic mass is 16.2. The number of aryl methyl sites for hydroxylation is 2. The summed E-state index contributed by atoms with van der Waals surface area (Å²) in [5.74, 6) is 0.229. The first kappa shape index (κ1) is 19.3. The van der Waals surface area contributed by atoms with Crippen LogP contribution in [0.15, 0.2) is 64.8 Å². The lowest BCUT2D eigenvalue weighted by molar-refractivity contribution is 0.0955. The Labute approximate surface area is 172 Å². The summed E-state index contributed by atoms with van der Waals surface area (Å²) in [6, 6.07) is 12.5. The van der Waals surface area contributed by atoms with Gasteiger partial charge in [-0.3, -0.25) is 19.2 Å². The number of para-hydroxylation sites is 1. The van der Waals surface area contributed by atoms with Crippen LogP contribution in [-0.2, 0) is 0 Å². The number of nitrogens with zero attached hydrogens (tertiary/aromatic N) is 5. The van der Waals surface area contributed by atoms with Crippen LogP contribution in [-0.4, -0.2) is 31.4 Å². The summed E-state index contributed by atoms with van der Waals surface area (Å²) in [5, 5.41) is 4.60. The number of hydrogen-bond donors (Lipinski definition) is 1. The molecule has 0 spiro atoms. The minimum absolute atomic E-state index is 0.145. The Morgan fingerprint density at radius 2 is 1.90 bits per heavy atom. The summed E-state index contributed by atoms with van der Waals surface area (Å²) in [6.45, 7) is 5.59. The number of rotatable bonds is 4. The maximum Gasteiger partial charge on any atom is 0.280 e. The summed E-state index contributed by atoms with van der Waals surface area (Å²) in [5.41, 5.74) is 5.85. The molecule has 0 unspecified atom stereocenters. The van der Waals surface area contributed by atoms with Crippen molar-refractivity contribution in [3.63, 3.8) is 0 Å². The van der Waals surface area contributed by atoms with E-state index < -0.39 is 0 Å². The molecule has 4 rings (SSSR count). The van der Waals surface area contributed by atoms with Crippen LogP contribution in [0.2, 0.25) is 0 Å². The van der Waals surface area contributed by atoms with Gasteiger partial charge in [0.25, 0.3) is 11.5 Å². The van der Waals surface area contributed by atoms with Crippen LogP contribution in [0.1, 0.15) is 33.1 Å². The Hall–Kier alpha value is -4.07. The second-order valence-corrected chi connectivity index (χ2v) is 6.87. The molecule has 4 aromatic rings. The summed E-state index contributed by atoms with van der Waals surface area (Å²) in [4.78, 5) is 33.7. The second-order valence-electron chi connectivity index (χ2n) is 6.87. The van der Waals surface area contributed by atoms with E-state index in [1.807, 2.05) is 38.1 Å². The van der Waals surface area contributed by atoms with Crippen LogP contribution >= 0.6 is 0 Å². The van der Waals surface area contributed by atoms with Crippen LogP contribution in [0, 0.1) is 20.8 Å². The van der Waals surface area contributed by atoms with Gasteiger partial charge < -0.3 is 0 Å². The number of nitrogens with one attached hydrogen (secondary N) is 1. The Balaban J connectivity index is 1.69. The third-order valence-electron chi connectivity index (χ3n) is 4.84. The quantitative estimate of drug-likeness (QED) is 0.421. The van der Waals surface area contributed by atoms with Gasteiger partial charge in [-0.05, 0) is 51.1 Å². The number of hydrazone groups is 1. The standard InChI is InChI=1S/C22H20N6O2/c1-14-11-18(13-24-26-21(29)17-7-6-10-23-12-17)15(2)27(14)28-16(3)25-20-9-5-4-8-19(20)22(28)30/h4-13H,1-3H3,(H,26,29). The molecule has 0 bridgehead atoms. The average molecular weight is 400 g/mol. The van der Waals surface area contributed by atoms with Crippen LogP contribution in [0.3, 0.4) is 0 Å². The van der Waals surface area contributed by atoms with E-state index in [-0.39, 0.29) is 11.5 Å². The molecule has 8 nitrogen and oxygen atoms in total. The Morgan fingerprint density at radius 3 is 2.67 bits per heavy atom. The van der Waals surface area contributed by atoms with Crippen LogP contribution in [0.4, 0.5) is 0 Å². The lowest BCUT2D eigenvalue weighted by atomic mass is 10.2. The number of benzene rings is 1. The van der Waals surface area contributed by atoms with E-state index in [1.165, 1.54) is 6.20 Å². The van der Waals surface area contributed by atoms with Crippen molar-refractivity contribution in [2.75, 3.05) is 0 Å². The number of carbonyl (C=O) groups excluding carboxylic acids is 1. The number of carbonyl (C=O) groups is 1. The molecule has 0 saturated heterocycles. The van der Waals surface area contributed by atoms with Crippen molar-refractivity contribution in [1.82, 2.24) is 24.7 Å². The molecule has 0 saturated carbocycles. The largest absolute Gasteiger partial charge is 0.280 e. The van der Waals surface area contributed by atoms with Crippen molar-refractivity contribution >= 4 is 23.0 Å². The second kappa shape index (κ2) is 7.75. The van der Waals surface area contributed by atoms with Crippen molar-refractivity contribution in [3.05, 3.63) is 93.6 Å². The van der Waals surface area contributed by atoms with E-state index in [9.17, 15) is 9.59 Å². The van der Waals surface area contributed by atoms with Gasteiger partial charge in [0, 0.05) is 29.3 Å². The van der Waals surface area contributed by atoms with E-state index in [0.29, 0.717) is 22.3 Å². The van der Waals surface area contributed by atoms with Gasteiger partial charge in [0.2, 0.25) is 0 Å². The SMILES string of the molecule is Cc1cc(C=NNC(=O)c2cccnc2)c(C)n1-n1c(C)nc2ccccc2c1=O. The van der Waals surface area contributed by atoms with E-state index in [0.717, 1.165) is 17.0 Å². The molecule has 1 amide bonds. The number of aromatic nitrogens is 4. The predicted octanol–water partition coefficient (Wildman–Crippen LogP) is 2.59. The molecule has 0 fully saturated rings. The third kappa shape index (κ3) is 3.39. The molecular formula is C22H20N6O2. The minimum atomic E-state index is -0.348. The van der Waals surface area contributed by atoms with E-state index in [2.05, 4.69) is 20.5 Å². The molecule has 30 heavy (non-hydrogen) atoms. The van der Waals surface area contributed by atoms with Crippen molar-refractivity contribution in [1.29, 1.82) is 0 Å². The molecule has 8 heteroatoms. The first-order valence-corrected chi connectivity index (χ1v) is 9.39. The Bertz CT molecular complexity index is 1340. The molecule has 0 radical (unpaired) electrons. The molecular weight excluding hydrogens is 380 g/mol. The van der Waals surface area contributed by atoms with Crippen LogP contribution in [0.5, 0.6) is 0 Å². The summed E-state index contributed by atoms with van der Waals surface area (Å²) < 4.78 is 3.36. The van der Waals surface area contributed by atoms with Crippen molar-refractivity contribution in [2.45, 2.75) is 20.8 Å². The molecule has 1 N–H and O–H groups in total. The van der Waals surface area contributed by atoms with Crippen LogP contribution < -0.4 is 11.0 Å². The maximum absolute atomic E-state index is 13.1. The highest BCUT2D eigenvalue weighted by molar-refractivity contribution is 5.94. The Morgan fingerprint density at radius 1 is 1.10 bits per heavy atom. The Kier molecular flexibility index (Phi) is 4.97. The lowest BCUT2D eigenvalue weighted by Crippen LogP contribution is -2.30. The van der Waals surface area contributed by atoms with E-state index in [4.69, 9.17) is 0 Å². The molecule has 0 atom stereocenters. The van der Waals surface area contributed by atoms with Crippen LogP contribution in [0.25, 0.3) is 10.9 Å². The fourth-order valence-electron chi connectivity index (χ4n) is 3.41.